The molecule has 5 heteroatoms. The summed E-state index contributed by atoms with van der Waals surface area (Å²) in [6, 6.07) is 8.21. The highest BCUT2D eigenvalue weighted by atomic mass is 79.9. The van der Waals surface area contributed by atoms with Crippen molar-refractivity contribution in [3.8, 4) is 11.8 Å². The molecule has 28 heavy (non-hydrogen) atoms. The molecule has 0 spiro atoms. The minimum absolute atomic E-state index is 0.283. The van der Waals surface area contributed by atoms with Gasteiger partial charge in [0.2, 0.25) is 0 Å². The fourth-order valence-corrected chi connectivity index (χ4v) is 5.15. The van der Waals surface area contributed by atoms with Crippen molar-refractivity contribution in [3.05, 3.63) is 56.9 Å². The van der Waals surface area contributed by atoms with Crippen molar-refractivity contribution in [2.75, 3.05) is 6.61 Å². The number of benzene rings is 1. The SMILES string of the molecule is C=CCOc1ccc(Br)cc1C=Nc1sc2c(c1C#N)CC[C@@H](C(C)(C)C)C2. The van der Waals surface area contributed by atoms with E-state index in [1.807, 2.05) is 18.2 Å². The van der Waals surface area contributed by atoms with Crippen LogP contribution in [0.25, 0.3) is 0 Å². The van der Waals surface area contributed by atoms with Crippen LogP contribution in [0.4, 0.5) is 5.00 Å². The highest BCUT2D eigenvalue weighted by Crippen LogP contribution is 2.45. The summed E-state index contributed by atoms with van der Waals surface area (Å²) in [5.74, 6) is 1.39. The summed E-state index contributed by atoms with van der Waals surface area (Å²) in [5.41, 5.74) is 3.11. The third-order valence-corrected chi connectivity index (χ3v) is 6.89. The maximum absolute atomic E-state index is 9.74. The van der Waals surface area contributed by atoms with Crippen LogP contribution in [0.5, 0.6) is 5.75 Å². The van der Waals surface area contributed by atoms with Crippen molar-refractivity contribution < 1.29 is 4.74 Å². The molecule has 146 valence electrons. The average Bonchev–Trinajstić information content (AvgIpc) is 3.01. The zero-order valence-corrected chi connectivity index (χ0v) is 19.0. The normalized spacial score (nSPS) is 16.6. The first kappa shape index (κ1) is 20.8. The quantitative estimate of drug-likeness (QED) is 0.364. The first-order valence-corrected chi connectivity index (χ1v) is 11.1. The summed E-state index contributed by atoms with van der Waals surface area (Å²) in [7, 11) is 0. The summed E-state index contributed by atoms with van der Waals surface area (Å²) in [6.45, 7) is 11.0. The first-order valence-electron chi connectivity index (χ1n) is 9.45. The van der Waals surface area contributed by atoms with E-state index in [2.05, 4.69) is 49.3 Å². The summed E-state index contributed by atoms with van der Waals surface area (Å²) < 4.78 is 6.68. The van der Waals surface area contributed by atoms with Crippen LogP contribution in [0.1, 0.15) is 48.8 Å². The van der Waals surface area contributed by atoms with E-state index in [0.717, 1.165) is 45.6 Å². The van der Waals surface area contributed by atoms with Gasteiger partial charge in [-0.05, 0) is 54.4 Å². The van der Waals surface area contributed by atoms with Gasteiger partial charge in [0.1, 0.15) is 23.4 Å². The Labute approximate surface area is 179 Å². The van der Waals surface area contributed by atoms with Crippen molar-refractivity contribution in [1.29, 1.82) is 5.26 Å². The highest BCUT2D eigenvalue weighted by Gasteiger charge is 2.32. The fourth-order valence-electron chi connectivity index (χ4n) is 3.55. The van der Waals surface area contributed by atoms with Crippen LogP contribution in [0.3, 0.4) is 0 Å². The molecular formula is C23H25BrN2OS. The Bertz CT molecular complexity index is 947. The Morgan fingerprint density at radius 1 is 1.43 bits per heavy atom. The van der Waals surface area contributed by atoms with Gasteiger partial charge in [-0.2, -0.15) is 5.26 Å². The lowest BCUT2D eigenvalue weighted by Crippen LogP contribution is -2.26. The summed E-state index contributed by atoms with van der Waals surface area (Å²) in [6.07, 6.45) is 6.66. The molecule has 3 nitrogen and oxygen atoms in total. The second kappa shape index (κ2) is 8.63. The minimum Gasteiger partial charge on any atom is -0.489 e. The number of halogens is 1. The predicted octanol–water partition coefficient (Wildman–Crippen LogP) is 6.85. The molecule has 0 saturated carbocycles. The molecule has 0 aliphatic heterocycles. The maximum atomic E-state index is 9.74. The second-order valence-electron chi connectivity index (χ2n) is 8.14. The van der Waals surface area contributed by atoms with Crippen LogP contribution in [-0.2, 0) is 12.8 Å². The lowest BCUT2D eigenvalue weighted by atomic mass is 9.72. The lowest BCUT2D eigenvalue weighted by Gasteiger charge is -2.33. The minimum atomic E-state index is 0.283. The monoisotopic (exact) mass is 456 g/mol. The highest BCUT2D eigenvalue weighted by molar-refractivity contribution is 9.10. The summed E-state index contributed by atoms with van der Waals surface area (Å²) in [5, 5.41) is 10.5. The van der Waals surface area contributed by atoms with Gasteiger partial charge in [0, 0.05) is 21.1 Å². The Morgan fingerprint density at radius 2 is 2.21 bits per heavy atom. The van der Waals surface area contributed by atoms with E-state index in [1.54, 1.807) is 23.6 Å². The third kappa shape index (κ3) is 4.56. The van der Waals surface area contributed by atoms with E-state index >= 15 is 0 Å². The number of ether oxygens (including phenoxy) is 1. The van der Waals surface area contributed by atoms with E-state index in [0.29, 0.717) is 12.5 Å². The smallest absolute Gasteiger partial charge is 0.134 e. The van der Waals surface area contributed by atoms with E-state index < -0.39 is 0 Å². The average molecular weight is 457 g/mol. The van der Waals surface area contributed by atoms with Gasteiger partial charge in [-0.15, -0.1) is 11.3 Å². The van der Waals surface area contributed by atoms with Crippen LogP contribution in [0.2, 0.25) is 0 Å². The van der Waals surface area contributed by atoms with Crippen LogP contribution in [0, 0.1) is 22.7 Å². The van der Waals surface area contributed by atoms with Gasteiger partial charge >= 0.3 is 0 Å². The Hall–Kier alpha value is -1.90. The first-order chi connectivity index (χ1) is 13.3. The zero-order chi connectivity index (χ0) is 20.3. The number of fused-ring (bicyclic) bond motifs is 1. The van der Waals surface area contributed by atoms with Gasteiger partial charge in [0.05, 0.1) is 5.56 Å². The number of hydrogen-bond donors (Lipinski definition) is 0. The van der Waals surface area contributed by atoms with Crippen molar-refractivity contribution >= 4 is 38.5 Å². The van der Waals surface area contributed by atoms with Gasteiger partial charge in [-0.25, -0.2) is 4.99 Å². The molecule has 0 amide bonds. The van der Waals surface area contributed by atoms with Crippen LogP contribution >= 0.6 is 27.3 Å². The molecule has 1 aromatic carbocycles. The van der Waals surface area contributed by atoms with Crippen LogP contribution in [-0.4, -0.2) is 12.8 Å². The molecule has 2 aromatic rings. The van der Waals surface area contributed by atoms with Gasteiger partial charge < -0.3 is 4.74 Å². The molecule has 1 aliphatic carbocycles. The van der Waals surface area contributed by atoms with Crippen molar-refractivity contribution in [2.24, 2.45) is 16.3 Å². The Morgan fingerprint density at radius 3 is 2.89 bits per heavy atom. The molecule has 1 aliphatic rings. The van der Waals surface area contributed by atoms with Gasteiger partial charge in [-0.1, -0.05) is 49.4 Å². The molecule has 0 saturated heterocycles. The summed E-state index contributed by atoms with van der Waals surface area (Å²) >= 11 is 5.17. The predicted molar refractivity (Wildman–Crippen MR) is 121 cm³/mol. The van der Waals surface area contributed by atoms with Crippen molar-refractivity contribution in [2.45, 2.75) is 40.0 Å². The molecule has 1 heterocycles. The molecule has 0 unspecified atom stereocenters. The number of thiophene rings is 1. The second-order valence-corrected chi connectivity index (χ2v) is 10.1. The summed E-state index contributed by atoms with van der Waals surface area (Å²) in [4.78, 5) is 6.02. The van der Waals surface area contributed by atoms with Gasteiger partial charge in [0.15, 0.2) is 0 Å². The van der Waals surface area contributed by atoms with E-state index in [1.165, 1.54) is 10.4 Å². The molecule has 3 rings (SSSR count). The van der Waals surface area contributed by atoms with E-state index in [-0.39, 0.29) is 5.41 Å². The van der Waals surface area contributed by atoms with Gasteiger partial charge in [0.25, 0.3) is 0 Å². The Balaban J connectivity index is 1.92. The molecule has 0 bridgehead atoms. The number of nitrogens with zero attached hydrogens (tertiary/aromatic N) is 2. The van der Waals surface area contributed by atoms with Crippen LogP contribution in [0.15, 0.2) is 40.3 Å². The standard InChI is InChI=1S/C23H25BrN2OS/c1-5-10-27-20-9-7-17(24)11-15(20)14-26-22-19(13-25)18-8-6-16(23(2,3)4)12-21(18)28-22/h5,7,9,11,14,16H,1,6,8,10,12H2,2-4H3/t16-/m1/s1. The lowest BCUT2D eigenvalue weighted by molar-refractivity contribution is 0.218. The van der Waals surface area contributed by atoms with Crippen molar-refractivity contribution in [1.82, 2.24) is 0 Å². The molecule has 0 radical (unpaired) electrons. The van der Waals surface area contributed by atoms with Crippen LogP contribution < -0.4 is 4.74 Å². The van der Waals surface area contributed by atoms with Crippen molar-refractivity contribution in [3.63, 3.8) is 0 Å². The molecular weight excluding hydrogens is 432 g/mol. The largest absolute Gasteiger partial charge is 0.489 e. The molecule has 0 fully saturated rings. The molecule has 1 atom stereocenters. The molecule has 1 aromatic heterocycles. The number of nitriles is 1. The van der Waals surface area contributed by atoms with E-state index in [9.17, 15) is 5.26 Å². The topological polar surface area (TPSA) is 45.4 Å². The molecule has 0 N–H and O–H groups in total. The number of hydrogen-bond acceptors (Lipinski definition) is 4. The Kier molecular flexibility index (Phi) is 6.42. The third-order valence-electron chi connectivity index (χ3n) is 5.23. The van der Waals surface area contributed by atoms with Gasteiger partial charge in [-0.3, -0.25) is 0 Å². The fraction of sp³-hybridized carbons (Fsp3) is 0.391. The number of aliphatic imine (C=N–C) groups is 1. The number of rotatable bonds is 5. The zero-order valence-electron chi connectivity index (χ0n) is 16.6. The van der Waals surface area contributed by atoms with E-state index in [4.69, 9.17) is 9.73 Å². The maximum Gasteiger partial charge on any atom is 0.134 e.